The van der Waals surface area contributed by atoms with Crippen molar-refractivity contribution in [2.45, 2.75) is 19.4 Å². The highest BCUT2D eigenvalue weighted by molar-refractivity contribution is 5.96. The molecule has 0 spiro atoms. The van der Waals surface area contributed by atoms with E-state index in [1.807, 2.05) is 42.5 Å². The molecule has 0 saturated carbocycles. The summed E-state index contributed by atoms with van der Waals surface area (Å²) in [5.41, 5.74) is 13.3. The van der Waals surface area contributed by atoms with E-state index in [1.54, 1.807) is 18.2 Å². The number of nitrogens with one attached hydrogen (secondary N) is 1. The van der Waals surface area contributed by atoms with Crippen molar-refractivity contribution >= 4 is 17.2 Å². The molecule has 4 aromatic carbocycles. The number of fused-ring (bicyclic) bond motifs is 1. The second-order valence-electron chi connectivity index (χ2n) is 10.3. The Balaban J connectivity index is 1.42. The molecule has 216 valence electrons. The fourth-order valence-corrected chi connectivity index (χ4v) is 5.36. The van der Waals surface area contributed by atoms with E-state index in [0.717, 1.165) is 46.7 Å². The van der Waals surface area contributed by atoms with Gasteiger partial charge in [0.1, 0.15) is 23.9 Å². The second kappa shape index (κ2) is 13.2. The molecule has 5 rings (SSSR count). The quantitative estimate of drug-likeness (QED) is 0.0768. The van der Waals surface area contributed by atoms with Crippen LogP contribution in [0.4, 0.5) is 11.4 Å². The first-order valence-electron chi connectivity index (χ1n) is 14.0. The third-order valence-corrected chi connectivity index (χ3v) is 7.46. The molecule has 1 heterocycles. The third-order valence-electron chi connectivity index (χ3n) is 7.46. The average Bonchev–Trinajstić information content (AvgIpc) is 3.01. The van der Waals surface area contributed by atoms with Crippen LogP contribution < -0.4 is 26.2 Å². The van der Waals surface area contributed by atoms with Crippen LogP contribution in [-0.2, 0) is 17.8 Å². The Morgan fingerprint density at radius 2 is 1.81 bits per heavy atom. The van der Waals surface area contributed by atoms with Gasteiger partial charge in [-0.3, -0.25) is 5.41 Å². The molecule has 42 heavy (non-hydrogen) atoms. The van der Waals surface area contributed by atoms with Crippen LogP contribution in [0.1, 0.15) is 23.1 Å². The van der Waals surface area contributed by atoms with Crippen molar-refractivity contribution in [2.24, 2.45) is 11.6 Å². The van der Waals surface area contributed by atoms with Crippen LogP contribution in [0.3, 0.4) is 0 Å². The van der Waals surface area contributed by atoms with Gasteiger partial charge >= 0.3 is 0 Å². The minimum atomic E-state index is -0.0538. The standard InChI is InChI=1S/C34H37N5O3/c1-24(22-38(23-25-8-3-2-4-9-25)31-20-28(34(35)36)14-16-32(31)40)39-17-19-41-33-21-27(13-15-30(33)39)29-12-6-5-10-26(29)11-7-18-42-37/h2-6,8-10,12-16,20-21,40H,1,7,11,17-19,22-23,37H2,(H3,35,36). The number of hydrogen-bond acceptors (Lipinski definition) is 7. The summed E-state index contributed by atoms with van der Waals surface area (Å²) in [5.74, 6) is 6.09. The zero-order valence-electron chi connectivity index (χ0n) is 23.6. The largest absolute Gasteiger partial charge is 0.506 e. The van der Waals surface area contributed by atoms with E-state index in [4.69, 9.17) is 26.6 Å². The van der Waals surface area contributed by atoms with E-state index >= 15 is 0 Å². The molecule has 0 saturated heterocycles. The summed E-state index contributed by atoms with van der Waals surface area (Å²) in [6.45, 7) is 7.13. The number of nitrogens with two attached hydrogens (primary N) is 2. The Morgan fingerprint density at radius 1 is 1.02 bits per heavy atom. The van der Waals surface area contributed by atoms with Crippen molar-refractivity contribution in [2.75, 3.05) is 36.1 Å². The maximum Gasteiger partial charge on any atom is 0.143 e. The molecule has 0 amide bonds. The van der Waals surface area contributed by atoms with E-state index in [-0.39, 0.29) is 11.6 Å². The van der Waals surface area contributed by atoms with E-state index in [1.165, 1.54) is 5.56 Å². The molecule has 0 unspecified atom stereocenters. The van der Waals surface area contributed by atoms with Crippen LogP contribution in [-0.4, -0.2) is 37.2 Å². The Kier molecular flexibility index (Phi) is 9.06. The Labute approximate surface area is 246 Å². The van der Waals surface area contributed by atoms with E-state index in [0.29, 0.717) is 44.1 Å². The fraction of sp³-hybridized carbons (Fsp3) is 0.206. The number of phenols is 1. The molecule has 0 bridgehead atoms. The number of phenolic OH excluding ortho intramolecular Hbond substituents is 1. The first-order chi connectivity index (χ1) is 20.4. The molecule has 8 nitrogen and oxygen atoms in total. The van der Waals surface area contributed by atoms with E-state index in [2.05, 4.69) is 46.7 Å². The first-order valence-corrected chi connectivity index (χ1v) is 14.0. The summed E-state index contributed by atoms with van der Waals surface area (Å²) < 4.78 is 6.14. The van der Waals surface area contributed by atoms with Gasteiger partial charge in [-0.25, -0.2) is 5.90 Å². The predicted octanol–water partition coefficient (Wildman–Crippen LogP) is 5.59. The Morgan fingerprint density at radius 3 is 2.60 bits per heavy atom. The van der Waals surface area contributed by atoms with Gasteiger partial charge in [-0.05, 0) is 65.4 Å². The molecule has 4 aromatic rings. The Hall–Kier alpha value is -4.79. The van der Waals surface area contributed by atoms with Gasteiger partial charge < -0.3 is 30.2 Å². The van der Waals surface area contributed by atoms with Gasteiger partial charge in [0.2, 0.25) is 0 Å². The summed E-state index contributed by atoms with van der Waals surface area (Å²) in [4.78, 5) is 9.00. The third kappa shape index (κ3) is 6.57. The highest BCUT2D eigenvalue weighted by Crippen LogP contribution is 2.39. The highest BCUT2D eigenvalue weighted by atomic mass is 16.6. The van der Waals surface area contributed by atoms with Gasteiger partial charge in [0, 0.05) is 17.8 Å². The number of nitrogen functional groups attached to an aromatic ring is 1. The lowest BCUT2D eigenvalue weighted by molar-refractivity contribution is 0.135. The fourth-order valence-electron chi connectivity index (χ4n) is 5.36. The lowest BCUT2D eigenvalue weighted by atomic mass is 9.96. The molecule has 6 N–H and O–H groups in total. The number of anilines is 2. The number of amidine groups is 1. The molecular weight excluding hydrogens is 526 g/mol. The predicted molar refractivity (Wildman–Crippen MR) is 169 cm³/mol. The van der Waals surface area contributed by atoms with E-state index in [9.17, 15) is 5.11 Å². The zero-order chi connectivity index (χ0) is 29.5. The molecular formula is C34H37N5O3. The molecule has 0 aliphatic carbocycles. The van der Waals surface area contributed by atoms with Crippen LogP contribution in [0.15, 0.2) is 103 Å². The topological polar surface area (TPSA) is 121 Å². The SMILES string of the molecule is C=C(CN(Cc1ccccc1)c1cc(C(=N)N)ccc1O)N1CCOc2cc(-c3ccccc3CCCON)ccc21. The highest BCUT2D eigenvalue weighted by Gasteiger charge is 2.24. The van der Waals surface area contributed by atoms with Crippen molar-refractivity contribution in [3.05, 3.63) is 120 Å². The summed E-state index contributed by atoms with van der Waals surface area (Å²) in [6.07, 6.45) is 1.70. The molecule has 0 atom stereocenters. The summed E-state index contributed by atoms with van der Waals surface area (Å²) in [7, 11) is 0. The number of rotatable bonds is 12. The molecule has 1 aliphatic heterocycles. The Bertz CT molecular complexity index is 1560. The monoisotopic (exact) mass is 563 g/mol. The normalized spacial score (nSPS) is 12.4. The minimum Gasteiger partial charge on any atom is -0.506 e. The van der Waals surface area contributed by atoms with Gasteiger partial charge in [0.25, 0.3) is 0 Å². The minimum absolute atomic E-state index is 0.0538. The summed E-state index contributed by atoms with van der Waals surface area (Å²) >= 11 is 0. The first kappa shape index (κ1) is 28.7. The lowest BCUT2D eigenvalue weighted by Crippen LogP contribution is -2.37. The van der Waals surface area contributed by atoms with Crippen LogP contribution in [0.25, 0.3) is 11.1 Å². The second-order valence-corrected chi connectivity index (χ2v) is 10.3. The number of aromatic hydroxyl groups is 1. The number of ether oxygens (including phenoxy) is 1. The van der Waals surface area contributed by atoms with Crippen molar-refractivity contribution in [3.63, 3.8) is 0 Å². The van der Waals surface area contributed by atoms with Crippen LogP contribution in [0.2, 0.25) is 0 Å². The number of nitrogens with zero attached hydrogens (tertiary/aromatic N) is 2. The van der Waals surface area contributed by atoms with E-state index < -0.39 is 0 Å². The molecule has 0 fully saturated rings. The lowest BCUT2D eigenvalue weighted by Gasteiger charge is -2.36. The maximum atomic E-state index is 10.8. The molecule has 8 heteroatoms. The molecule has 0 aromatic heterocycles. The van der Waals surface area contributed by atoms with Gasteiger partial charge in [0.15, 0.2) is 0 Å². The van der Waals surface area contributed by atoms with Gasteiger partial charge in [-0.2, -0.15) is 0 Å². The summed E-state index contributed by atoms with van der Waals surface area (Å²) in [5, 5.41) is 18.8. The van der Waals surface area contributed by atoms with Crippen molar-refractivity contribution in [1.82, 2.24) is 0 Å². The smallest absolute Gasteiger partial charge is 0.143 e. The van der Waals surface area contributed by atoms with Gasteiger partial charge in [-0.15, -0.1) is 0 Å². The summed E-state index contributed by atoms with van der Waals surface area (Å²) in [6, 6.07) is 29.7. The number of hydrogen-bond donors (Lipinski definition) is 4. The molecule has 0 radical (unpaired) electrons. The van der Waals surface area contributed by atoms with Crippen molar-refractivity contribution in [3.8, 4) is 22.6 Å². The van der Waals surface area contributed by atoms with Crippen LogP contribution >= 0.6 is 0 Å². The zero-order valence-corrected chi connectivity index (χ0v) is 23.6. The van der Waals surface area contributed by atoms with Crippen molar-refractivity contribution in [1.29, 1.82) is 5.41 Å². The molecule has 1 aliphatic rings. The number of aryl methyl sites for hydroxylation is 1. The maximum absolute atomic E-state index is 10.8. The average molecular weight is 564 g/mol. The number of benzene rings is 4. The van der Waals surface area contributed by atoms with Gasteiger partial charge in [0.05, 0.1) is 31.1 Å². The van der Waals surface area contributed by atoms with Crippen molar-refractivity contribution < 1.29 is 14.7 Å². The van der Waals surface area contributed by atoms with Crippen LogP contribution in [0.5, 0.6) is 11.5 Å². The van der Waals surface area contributed by atoms with Crippen LogP contribution in [0, 0.1) is 5.41 Å². The van der Waals surface area contributed by atoms with Gasteiger partial charge in [-0.1, -0.05) is 67.2 Å².